The van der Waals surface area contributed by atoms with Crippen LogP contribution in [0.25, 0.3) is 0 Å². The lowest BCUT2D eigenvalue weighted by molar-refractivity contribution is -0.120. The van der Waals surface area contributed by atoms with E-state index in [1.165, 1.54) is 0 Å². The standard InChI is InChI=1S/C11H24N2O2S/c1-5-8(3)13-11(14)9(4)16(15)7-10(12)6-2/h8-10H,5-7,12H2,1-4H3,(H,13,14). The van der Waals surface area contributed by atoms with Gasteiger partial charge in [-0.3, -0.25) is 9.00 Å². The normalized spacial score (nSPS) is 18.6. The van der Waals surface area contributed by atoms with Crippen LogP contribution in [0.2, 0.25) is 0 Å². The Morgan fingerprint density at radius 3 is 2.31 bits per heavy atom. The highest BCUT2D eigenvalue weighted by Crippen LogP contribution is 2.01. The zero-order chi connectivity index (χ0) is 12.7. The van der Waals surface area contributed by atoms with Crippen molar-refractivity contribution < 1.29 is 9.00 Å². The van der Waals surface area contributed by atoms with E-state index in [4.69, 9.17) is 5.73 Å². The number of rotatable bonds is 7. The van der Waals surface area contributed by atoms with Crippen LogP contribution in [0, 0.1) is 0 Å². The van der Waals surface area contributed by atoms with E-state index in [2.05, 4.69) is 5.32 Å². The minimum atomic E-state index is -1.18. The first-order valence-corrected chi connectivity index (χ1v) is 7.23. The summed E-state index contributed by atoms with van der Waals surface area (Å²) in [5, 5.41) is 2.35. The lowest BCUT2D eigenvalue weighted by Crippen LogP contribution is -2.42. The predicted molar refractivity (Wildman–Crippen MR) is 68.6 cm³/mol. The second kappa shape index (κ2) is 7.79. The number of amides is 1. The molecule has 3 N–H and O–H groups in total. The average Bonchev–Trinajstić information content (AvgIpc) is 2.27. The van der Waals surface area contributed by atoms with Crippen LogP contribution >= 0.6 is 0 Å². The van der Waals surface area contributed by atoms with E-state index >= 15 is 0 Å². The summed E-state index contributed by atoms with van der Waals surface area (Å²) in [7, 11) is -1.18. The van der Waals surface area contributed by atoms with Crippen molar-refractivity contribution in [3.63, 3.8) is 0 Å². The SMILES string of the molecule is CCC(N)CS(=O)C(C)C(=O)NC(C)CC. The molecule has 0 aromatic carbocycles. The Morgan fingerprint density at radius 1 is 1.31 bits per heavy atom. The van der Waals surface area contributed by atoms with Crippen LogP contribution in [0.15, 0.2) is 0 Å². The molecule has 96 valence electrons. The zero-order valence-electron chi connectivity index (χ0n) is 10.7. The first-order chi connectivity index (χ1) is 7.42. The highest BCUT2D eigenvalue weighted by atomic mass is 32.2. The van der Waals surface area contributed by atoms with Crippen LogP contribution in [-0.4, -0.2) is 33.2 Å². The Kier molecular flexibility index (Phi) is 7.58. The van der Waals surface area contributed by atoms with Gasteiger partial charge in [0.05, 0.1) is 0 Å². The van der Waals surface area contributed by atoms with Gasteiger partial charge in [0.2, 0.25) is 5.91 Å². The third kappa shape index (κ3) is 5.61. The molecule has 1 amide bonds. The zero-order valence-corrected chi connectivity index (χ0v) is 11.5. The number of hydrogen-bond donors (Lipinski definition) is 2. The number of nitrogens with one attached hydrogen (secondary N) is 1. The number of nitrogens with two attached hydrogens (primary N) is 1. The minimum Gasteiger partial charge on any atom is -0.353 e. The van der Waals surface area contributed by atoms with Gasteiger partial charge in [-0.1, -0.05) is 13.8 Å². The molecule has 0 spiro atoms. The smallest absolute Gasteiger partial charge is 0.235 e. The summed E-state index contributed by atoms with van der Waals surface area (Å²) in [5.74, 6) is 0.252. The van der Waals surface area contributed by atoms with Crippen LogP contribution in [0.4, 0.5) is 0 Å². The first-order valence-electron chi connectivity index (χ1n) is 5.85. The quantitative estimate of drug-likeness (QED) is 0.699. The highest BCUT2D eigenvalue weighted by molar-refractivity contribution is 7.86. The van der Waals surface area contributed by atoms with E-state index in [0.717, 1.165) is 12.8 Å². The van der Waals surface area contributed by atoms with Gasteiger partial charge in [0.15, 0.2) is 0 Å². The summed E-state index contributed by atoms with van der Waals surface area (Å²) in [5.41, 5.74) is 5.71. The maximum absolute atomic E-state index is 11.8. The minimum absolute atomic E-state index is 0.0836. The first kappa shape index (κ1) is 15.6. The fourth-order valence-electron chi connectivity index (χ4n) is 1.05. The van der Waals surface area contributed by atoms with Gasteiger partial charge < -0.3 is 11.1 Å². The molecular weight excluding hydrogens is 224 g/mol. The van der Waals surface area contributed by atoms with Crippen molar-refractivity contribution in [1.29, 1.82) is 0 Å². The van der Waals surface area contributed by atoms with E-state index in [1.807, 2.05) is 20.8 Å². The van der Waals surface area contributed by atoms with Crippen LogP contribution in [0.5, 0.6) is 0 Å². The van der Waals surface area contributed by atoms with Crippen molar-refractivity contribution in [2.75, 3.05) is 5.75 Å². The molecule has 0 aromatic rings. The molecular formula is C11H24N2O2S. The number of carbonyl (C=O) groups is 1. The molecule has 0 aliphatic carbocycles. The van der Waals surface area contributed by atoms with E-state index in [9.17, 15) is 9.00 Å². The molecule has 4 unspecified atom stereocenters. The summed E-state index contributed by atoms with van der Waals surface area (Å²) in [6.07, 6.45) is 1.66. The lowest BCUT2D eigenvalue weighted by atomic mass is 10.2. The van der Waals surface area contributed by atoms with Crippen LogP contribution in [-0.2, 0) is 15.6 Å². The highest BCUT2D eigenvalue weighted by Gasteiger charge is 2.22. The molecule has 0 aliphatic heterocycles. The van der Waals surface area contributed by atoms with Gasteiger partial charge in [0.25, 0.3) is 0 Å². The second-order valence-corrected chi connectivity index (χ2v) is 5.98. The molecule has 0 heterocycles. The van der Waals surface area contributed by atoms with E-state index in [-0.39, 0.29) is 18.0 Å². The van der Waals surface area contributed by atoms with Crippen LogP contribution < -0.4 is 11.1 Å². The van der Waals surface area contributed by atoms with Crippen molar-refractivity contribution >= 4 is 16.7 Å². The Balaban J connectivity index is 4.16. The van der Waals surface area contributed by atoms with Gasteiger partial charge in [-0.15, -0.1) is 0 Å². The van der Waals surface area contributed by atoms with Gasteiger partial charge >= 0.3 is 0 Å². The lowest BCUT2D eigenvalue weighted by Gasteiger charge is -2.17. The van der Waals surface area contributed by atoms with Crippen molar-refractivity contribution in [3.8, 4) is 0 Å². The fraction of sp³-hybridized carbons (Fsp3) is 0.909. The molecule has 0 bridgehead atoms. The van der Waals surface area contributed by atoms with Crippen LogP contribution in [0.3, 0.4) is 0 Å². The Morgan fingerprint density at radius 2 is 1.88 bits per heavy atom. The average molecular weight is 248 g/mol. The molecule has 4 nitrogen and oxygen atoms in total. The summed E-state index contributed by atoms with van der Waals surface area (Å²) >= 11 is 0. The van der Waals surface area contributed by atoms with Crippen molar-refractivity contribution in [2.24, 2.45) is 5.73 Å². The summed E-state index contributed by atoms with van der Waals surface area (Å²) in [6.45, 7) is 7.58. The molecule has 0 radical (unpaired) electrons. The van der Waals surface area contributed by atoms with Gasteiger partial charge in [0, 0.05) is 28.6 Å². The summed E-state index contributed by atoms with van der Waals surface area (Å²) in [4.78, 5) is 11.7. The molecule has 0 saturated heterocycles. The molecule has 0 aliphatic rings. The predicted octanol–water partition coefficient (Wildman–Crippen LogP) is 0.776. The fourth-order valence-corrected chi connectivity index (χ4v) is 2.31. The van der Waals surface area contributed by atoms with Crippen molar-refractivity contribution in [2.45, 2.75) is 57.9 Å². The maximum Gasteiger partial charge on any atom is 0.235 e. The molecule has 0 fully saturated rings. The van der Waals surface area contributed by atoms with Crippen molar-refractivity contribution in [1.82, 2.24) is 5.32 Å². The molecule has 5 heteroatoms. The van der Waals surface area contributed by atoms with Gasteiger partial charge in [-0.25, -0.2) is 0 Å². The number of carbonyl (C=O) groups excluding carboxylic acids is 1. The molecule has 0 aromatic heterocycles. The Labute approximate surface area is 101 Å². The molecule has 0 saturated carbocycles. The van der Waals surface area contributed by atoms with Crippen molar-refractivity contribution in [3.05, 3.63) is 0 Å². The molecule has 4 atom stereocenters. The third-order valence-corrected chi connectivity index (χ3v) is 4.43. The van der Waals surface area contributed by atoms with Gasteiger partial charge in [-0.05, 0) is 26.7 Å². The number of hydrogen-bond acceptors (Lipinski definition) is 3. The summed E-state index contributed by atoms with van der Waals surface area (Å²) < 4.78 is 11.8. The van der Waals surface area contributed by atoms with Gasteiger partial charge in [-0.2, -0.15) is 0 Å². The largest absolute Gasteiger partial charge is 0.353 e. The summed E-state index contributed by atoms with van der Waals surface area (Å²) in [6, 6.07) is 0.0477. The Bertz CT molecular complexity index is 222. The van der Waals surface area contributed by atoms with Crippen LogP contribution in [0.1, 0.15) is 40.5 Å². The monoisotopic (exact) mass is 248 g/mol. The third-order valence-electron chi connectivity index (χ3n) is 2.67. The maximum atomic E-state index is 11.8. The molecule has 16 heavy (non-hydrogen) atoms. The van der Waals surface area contributed by atoms with E-state index in [1.54, 1.807) is 6.92 Å². The topological polar surface area (TPSA) is 72.2 Å². The van der Waals surface area contributed by atoms with Gasteiger partial charge in [0.1, 0.15) is 5.25 Å². The second-order valence-electron chi connectivity index (χ2n) is 4.18. The van der Waals surface area contributed by atoms with E-state index in [0.29, 0.717) is 5.75 Å². The van der Waals surface area contributed by atoms with E-state index < -0.39 is 16.0 Å². The molecule has 0 rings (SSSR count). The Hall–Kier alpha value is -0.420.